The van der Waals surface area contributed by atoms with Crippen LogP contribution in [-0.2, 0) is 17.5 Å². The van der Waals surface area contributed by atoms with E-state index in [-0.39, 0.29) is 35.0 Å². The van der Waals surface area contributed by atoms with E-state index in [1.54, 1.807) is 6.20 Å². The first kappa shape index (κ1) is 29.5. The van der Waals surface area contributed by atoms with Crippen molar-refractivity contribution in [2.75, 3.05) is 23.3 Å². The molecular weight excluding hydrogens is 585 g/mol. The second-order valence-electron chi connectivity index (χ2n) is 10.9. The molecule has 2 aliphatic rings. The van der Waals surface area contributed by atoms with Crippen molar-refractivity contribution in [2.24, 2.45) is 0 Å². The van der Waals surface area contributed by atoms with Crippen molar-refractivity contribution in [3.63, 3.8) is 0 Å². The number of carbonyl (C=O) groups is 1. The monoisotopic (exact) mass is 614 g/mol. The number of allylic oxidation sites excluding steroid dienone is 2. The second-order valence-corrected chi connectivity index (χ2v) is 11.3. The van der Waals surface area contributed by atoms with Crippen LogP contribution >= 0.6 is 11.6 Å². The summed E-state index contributed by atoms with van der Waals surface area (Å²) in [5.74, 6) is 0.280. The van der Waals surface area contributed by atoms with E-state index in [1.165, 1.54) is 12.1 Å². The molecule has 2 heterocycles. The van der Waals surface area contributed by atoms with Gasteiger partial charge in [0, 0.05) is 42.3 Å². The van der Waals surface area contributed by atoms with Gasteiger partial charge in [-0.25, -0.2) is 4.98 Å². The maximum absolute atomic E-state index is 13.8. The predicted octanol–water partition coefficient (Wildman–Crippen LogP) is 8.06. The summed E-state index contributed by atoms with van der Waals surface area (Å²) in [7, 11) is 0. The van der Waals surface area contributed by atoms with Crippen LogP contribution in [0.25, 0.3) is 0 Å². The van der Waals surface area contributed by atoms with Gasteiger partial charge in [-0.3, -0.25) is 4.79 Å². The van der Waals surface area contributed by atoms with E-state index in [2.05, 4.69) is 15.6 Å². The highest BCUT2D eigenvalue weighted by Gasteiger charge is 2.34. The van der Waals surface area contributed by atoms with Gasteiger partial charge in [-0.1, -0.05) is 90.5 Å². The summed E-state index contributed by atoms with van der Waals surface area (Å²) in [6.45, 7) is 1.07. The number of nitrogens with zero attached hydrogens (tertiary/aromatic N) is 2. The minimum absolute atomic E-state index is 0.0314. The lowest BCUT2D eigenvalue weighted by Gasteiger charge is -2.33. The maximum Gasteiger partial charge on any atom is 0.416 e. The van der Waals surface area contributed by atoms with Gasteiger partial charge in [0.2, 0.25) is 0 Å². The first-order valence-corrected chi connectivity index (χ1v) is 14.8. The molecule has 0 radical (unpaired) electrons. The number of hydrogen-bond acceptors (Lipinski definition) is 4. The molecule has 3 aromatic carbocycles. The van der Waals surface area contributed by atoms with Crippen LogP contribution in [0.2, 0.25) is 5.02 Å². The smallest absolute Gasteiger partial charge is 0.367 e. The van der Waals surface area contributed by atoms with Crippen molar-refractivity contribution in [3.8, 4) is 0 Å². The molecule has 1 atom stereocenters. The Bertz CT molecular complexity index is 1670. The number of alkyl halides is 3. The highest BCUT2D eigenvalue weighted by Crippen LogP contribution is 2.38. The Labute approximate surface area is 259 Å². The van der Waals surface area contributed by atoms with Crippen molar-refractivity contribution in [1.29, 1.82) is 0 Å². The third-order valence-corrected chi connectivity index (χ3v) is 8.17. The molecule has 0 spiro atoms. The molecule has 1 aromatic heterocycles. The van der Waals surface area contributed by atoms with Gasteiger partial charge in [-0.05, 0) is 52.9 Å². The molecule has 2 N–H and O–H groups in total. The quantitative estimate of drug-likeness (QED) is 0.221. The molecule has 9 heteroatoms. The third-order valence-electron chi connectivity index (χ3n) is 7.94. The zero-order valence-corrected chi connectivity index (χ0v) is 24.4. The number of fused-ring (bicyclic) bond motifs is 1. The topological polar surface area (TPSA) is 57.3 Å². The third kappa shape index (κ3) is 6.50. The standard InChI is InChI=1S/C35H30ClF3N4O/c36-29-14-15-30(35(37,38)39)28(19-29)22-43-17-16-40-33-31(43)20-27(21-41-33)25-12-7-13-26(18-25)34(44)42-32(23-8-3-1-4-9-23)24-10-5-2-6-11-24/h1-11,13-15,18-21,25,32H,12,16-17,22H2,(H,40,41)(H,42,44). The number of rotatable bonds is 7. The van der Waals surface area contributed by atoms with Crippen molar-refractivity contribution < 1.29 is 18.0 Å². The van der Waals surface area contributed by atoms with Crippen LogP contribution in [0.4, 0.5) is 24.7 Å². The van der Waals surface area contributed by atoms with Crippen molar-refractivity contribution >= 4 is 29.0 Å². The summed E-state index contributed by atoms with van der Waals surface area (Å²) in [5.41, 5.74) is 3.48. The molecule has 4 aromatic rings. The summed E-state index contributed by atoms with van der Waals surface area (Å²) in [6, 6.07) is 25.0. The molecular formula is C35H30ClF3N4O. The number of anilines is 2. The molecule has 0 saturated carbocycles. The van der Waals surface area contributed by atoms with Gasteiger partial charge in [0.05, 0.1) is 17.3 Å². The molecule has 1 amide bonds. The van der Waals surface area contributed by atoms with Gasteiger partial charge < -0.3 is 15.5 Å². The summed E-state index contributed by atoms with van der Waals surface area (Å²) >= 11 is 6.10. The highest BCUT2D eigenvalue weighted by atomic mass is 35.5. The molecule has 1 aliphatic carbocycles. The van der Waals surface area contributed by atoms with Crippen molar-refractivity contribution in [2.45, 2.75) is 31.1 Å². The fraction of sp³-hybridized carbons (Fsp3) is 0.200. The Morgan fingerprint density at radius 1 is 1.02 bits per heavy atom. The van der Waals surface area contributed by atoms with Gasteiger partial charge in [0.25, 0.3) is 5.91 Å². The molecule has 0 saturated heterocycles. The van der Waals surface area contributed by atoms with Crippen LogP contribution in [0.3, 0.4) is 0 Å². The van der Waals surface area contributed by atoms with Gasteiger partial charge in [-0.15, -0.1) is 0 Å². The molecule has 1 aliphatic heterocycles. The average molecular weight is 615 g/mol. The zero-order chi connectivity index (χ0) is 30.7. The summed E-state index contributed by atoms with van der Waals surface area (Å²) < 4.78 is 41.3. The Kier molecular flexibility index (Phi) is 8.44. The molecule has 6 rings (SSSR count). The molecule has 5 nitrogen and oxygen atoms in total. The Balaban J connectivity index is 1.26. The maximum atomic E-state index is 13.8. The number of benzene rings is 3. The first-order chi connectivity index (χ1) is 21.3. The number of aromatic nitrogens is 1. The summed E-state index contributed by atoms with van der Waals surface area (Å²) in [6.07, 6.45) is 3.67. The van der Waals surface area contributed by atoms with E-state index in [0.717, 1.165) is 22.8 Å². The Morgan fingerprint density at radius 3 is 2.41 bits per heavy atom. The van der Waals surface area contributed by atoms with Gasteiger partial charge in [0.15, 0.2) is 0 Å². The second kappa shape index (κ2) is 12.6. The largest absolute Gasteiger partial charge is 0.416 e. The van der Waals surface area contributed by atoms with Gasteiger partial charge in [0.1, 0.15) is 5.82 Å². The molecule has 0 fully saturated rings. The van der Waals surface area contributed by atoms with Crippen LogP contribution in [0.1, 0.15) is 46.2 Å². The first-order valence-electron chi connectivity index (χ1n) is 14.4. The van der Waals surface area contributed by atoms with Crippen LogP contribution in [0.15, 0.2) is 115 Å². The minimum Gasteiger partial charge on any atom is -0.367 e. The van der Waals surface area contributed by atoms with E-state index in [0.29, 0.717) is 36.6 Å². The van der Waals surface area contributed by atoms with Crippen LogP contribution in [-0.4, -0.2) is 24.0 Å². The summed E-state index contributed by atoms with van der Waals surface area (Å²) in [4.78, 5) is 20.1. The van der Waals surface area contributed by atoms with E-state index in [9.17, 15) is 18.0 Å². The number of hydrogen-bond donors (Lipinski definition) is 2. The van der Waals surface area contributed by atoms with Crippen LogP contribution in [0.5, 0.6) is 0 Å². The lowest BCUT2D eigenvalue weighted by molar-refractivity contribution is -0.138. The molecule has 1 unspecified atom stereocenters. The molecule has 44 heavy (non-hydrogen) atoms. The normalized spacial score (nSPS) is 16.2. The fourth-order valence-electron chi connectivity index (χ4n) is 5.75. The SMILES string of the molecule is O=C(NC(c1ccccc1)c1ccccc1)C1=CC(c2cnc3c(c2)N(Cc2cc(Cl)ccc2C(F)(F)F)CCN3)CC=C1. The van der Waals surface area contributed by atoms with E-state index >= 15 is 0 Å². The lowest BCUT2D eigenvalue weighted by Crippen LogP contribution is -2.34. The number of pyridine rings is 1. The Hall–Kier alpha value is -4.56. The number of carbonyl (C=O) groups excluding carboxylic acids is 1. The molecule has 224 valence electrons. The number of nitrogens with one attached hydrogen (secondary N) is 2. The fourth-order valence-corrected chi connectivity index (χ4v) is 5.94. The van der Waals surface area contributed by atoms with E-state index < -0.39 is 11.7 Å². The van der Waals surface area contributed by atoms with E-state index in [1.807, 2.05) is 89.9 Å². The van der Waals surface area contributed by atoms with Gasteiger partial charge in [-0.2, -0.15) is 13.2 Å². The lowest BCUT2D eigenvalue weighted by atomic mass is 9.89. The number of halogens is 4. The van der Waals surface area contributed by atoms with Crippen molar-refractivity contribution in [1.82, 2.24) is 10.3 Å². The summed E-state index contributed by atoms with van der Waals surface area (Å²) in [5, 5.41) is 6.70. The minimum atomic E-state index is -4.49. The average Bonchev–Trinajstić information content (AvgIpc) is 3.04. The zero-order valence-electron chi connectivity index (χ0n) is 23.7. The van der Waals surface area contributed by atoms with Crippen molar-refractivity contribution in [3.05, 3.63) is 148 Å². The predicted molar refractivity (Wildman–Crippen MR) is 168 cm³/mol. The van der Waals surface area contributed by atoms with Gasteiger partial charge >= 0.3 is 6.18 Å². The van der Waals surface area contributed by atoms with Crippen LogP contribution < -0.4 is 15.5 Å². The highest BCUT2D eigenvalue weighted by molar-refractivity contribution is 6.30. The Morgan fingerprint density at radius 2 is 1.73 bits per heavy atom. The van der Waals surface area contributed by atoms with E-state index in [4.69, 9.17) is 11.6 Å². The molecule has 0 bridgehead atoms. The number of amides is 1. The van der Waals surface area contributed by atoms with Crippen LogP contribution in [0, 0.1) is 0 Å².